The van der Waals surface area contributed by atoms with Gasteiger partial charge in [-0.3, -0.25) is 0 Å². The molecule has 3 aromatic carbocycles. The lowest BCUT2D eigenvalue weighted by Gasteiger charge is -2.29. The molecule has 112 valence electrons. The Kier molecular flexibility index (Phi) is 3.43. The van der Waals surface area contributed by atoms with E-state index in [1.807, 2.05) is 48.5 Å². The van der Waals surface area contributed by atoms with Crippen molar-refractivity contribution in [3.05, 3.63) is 96.1 Å². The molecule has 23 heavy (non-hydrogen) atoms. The molecule has 0 radical (unpaired) electrons. The van der Waals surface area contributed by atoms with Crippen molar-refractivity contribution >= 4 is 17.7 Å². The molecule has 2 heteroatoms. The number of hydrogen-bond donors (Lipinski definition) is 0. The lowest BCUT2D eigenvalue weighted by Crippen LogP contribution is -2.22. The van der Waals surface area contributed by atoms with Crippen LogP contribution in [0.4, 0.5) is 11.4 Å². The second-order valence-corrected chi connectivity index (χ2v) is 5.78. The summed E-state index contributed by atoms with van der Waals surface area (Å²) in [7, 11) is 0. The molecule has 0 aromatic heterocycles. The first-order valence-electron chi connectivity index (χ1n) is 7.83. The molecule has 4 rings (SSSR count). The van der Waals surface area contributed by atoms with Crippen LogP contribution in [0.1, 0.15) is 23.1 Å². The highest BCUT2D eigenvalue weighted by Crippen LogP contribution is 2.51. The van der Waals surface area contributed by atoms with Crippen LogP contribution in [-0.4, -0.2) is 6.29 Å². The lowest BCUT2D eigenvalue weighted by atomic mass is 9.91. The van der Waals surface area contributed by atoms with Crippen LogP contribution in [0.15, 0.2) is 84.9 Å². The molecule has 0 saturated carbocycles. The zero-order chi connectivity index (χ0) is 15.6. The average molecular weight is 299 g/mol. The number of para-hydroxylation sites is 2. The molecule has 0 saturated heterocycles. The van der Waals surface area contributed by atoms with Crippen molar-refractivity contribution < 1.29 is 4.79 Å². The maximum atomic E-state index is 11.9. The fraction of sp³-hybridized carbons (Fsp3) is 0.0952. The van der Waals surface area contributed by atoms with Gasteiger partial charge in [-0.2, -0.15) is 0 Å². The van der Waals surface area contributed by atoms with Crippen molar-refractivity contribution in [1.82, 2.24) is 0 Å². The molecule has 1 aliphatic heterocycles. The van der Waals surface area contributed by atoms with E-state index in [9.17, 15) is 4.79 Å². The minimum absolute atomic E-state index is 0.00602. The number of fused-ring (bicyclic) bond motifs is 1. The van der Waals surface area contributed by atoms with Crippen molar-refractivity contribution in [2.75, 3.05) is 4.90 Å². The van der Waals surface area contributed by atoms with Gasteiger partial charge in [0.25, 0.3) is 0 Å². The van der Waals surface area contributed by atoms with Gasteiger partial charge in [-0.1, -0.05) is 66.7 Å². The molecule has 0 fully saturated rings. The van der Waals surface area contributed by atoms with E-state index >= 15 is 0 Å². The SMILES string of the molecule is O=CC1c2ccccc2N(c2ccccc2)C1c1ccccc1. The Hall–Kier alpha value is -2.87. The van der Waals surface area contributed by atoms with E-state index in [0.717, 1.165) is 28.8 Å². The number of carbonyl (C=O) groups excluding carboxylic acids is 1. The molecular weight excluding hydrogens is 282 g/mol. The molecule has 0 N–H and O–H groups in total. The Morgan fingerprint density at radius 1 is 0.739 bits per heavy atom. The number of benzene rings is 3. The summed E-state index contributed by atoms with van der Waals surface area (Å²) in [5.41, 5.74) is 4.48. The summed E-state index contributed by atoms with van der Waals surface area (Å²) < 4.78 is 0. The summed E-state index contributed by atoms with van der Waals surface area (Å²) >= 11 is 0. The van der Waals surface area contributed by atoms with Gasteiger partial charge in [0.05, 0.1) is 12.0 Å². The zero-order valence-electron chi connectivity index (χ0n) is 12.7. The second-order valence-electron chi connectivity index (χ2n) is 5.78. The standard InChI is InChI=1S/C21H17NO/c23-15-19-18-13-7-8-14-20(18)22(17-11-5-2-6-12-17)21(19)16-9-3-1-4-10-16/h1-15,19,21H. The van der Waals surface area contributed by atoms with Gasteiger partial charge in [-0.15, -0.1) is 0 Å². The first-order chi connectivity index (χ1) is 11.4. The monoisotopic (exact) mass is 299 g/mol. The van der Waals surface area contributed by atoms with E-state index in [2.05, 4.69) is 41.3 Å². The molecule has 2 unspecified atom stereocenters. The summed E-state index contributed by atoms with van der Waals surface area (Å²) in [6.45, 7) is 0. The fourth-order valence-electron chi connectivity index (χ4n) is 3.51. The number of anilines is 2. The van der Waals surface area contributed by atoms with Gasteiger partial charge < -0.3 is 9.69 Å². The lowest BCUT2D eigenvalue weighted by molar-refractivity contribution is -0.109. The highest BCUT2D eigenvalue weighted by molar-refractivity contribution is 5.81. The van der Waals surface area contributed by atoms with E-state index in [0.29, 0.717) is 0 Å². The number of aldehydes is 1. The van der Waals surface area contributed by atoms with Crippen molar-refractivity contribution in [2.45, 2.75) is 12.0 Å². The summed E-state index contributed by atoms with van der Waals surface area (Å²) in [4.78, 5) is 14.2. The molecule has 0 bridgehead atoms. The van der Waals surface area contributed by atoms with Crippen LogP contribution >= 0.6 is 0 Å². The molecule has 3 aromatic rings. The van der Waals surface area contributed by atoms with Gasteiger partial charge in [-0.25, -0.2) is 0 Å². The largest absolute Gasteiger partial charge is 0.333 e. The van der Waals surface area contributed by atoms with Gasteiger partial charge in [0.1, 0.15) is 6.29 Å². The van der Waals surface area contributed by atoms with Gasteiger partial charge in [0, 0.05) is 11.4 Å². The van der Waals surface area contributed by atoms with Crippen molar-refractivity contribution in [3.63, 3.8) is 0 Å². The molecule has 2 nitrogen and oxygen atoms in total. The van der Waals surface area contributed by atoms with Crippen molar-refractivity contribution in [3.8, 4) is 0 Å². The molecule has 1 heterocycles. The Morgan fingerprint density at radius 3 is 2.04 bits per heavy atom. The predicted molar refractivity (Wildman–Crippen MR) is 93.0 cm³/mol. The third-order valence-electron chi connectivity index (χ3n) is 4.50. The predicted octanol–water partition coefficient (Wildman–Crippen LogP) is 4.86. The van der Waals surface area contributed by atoms with E-state index in [1.165, 1.54) is 0 Å². The highest BCUT2D eigenvalue weighted by Gasteiger charge is 2.39. The van der Waals surface area contributed by atoms with Crippen LogP contribution in [0.2, 0.25) is 0 Å². The number of hydrogen-bond acceptors (Lipinski definition) is 2. The van der Waals surface area contributed by atoms with E-state index in [4.69, 9.17) is 0 Å². The van der Waals surface area contributed by atoms with Crippen LogP contribution in [-0.2, 0) is 4.79 Å². The van der Waals surface area contributed by atoms with Crippen LogP contribution < -0.4 is 4.90 Å². The minimum atomic E-state index is -0.159. The quantitative estimate of drug-likeness (QED) is 0.644. The second kappa shape index (κ2) is 5.73. The Morgan fingerprint density at radius 2 is 1.35 bits per heavy atom. The third-order valence-corrected chi connectivity index (χ3v) is 4.50. The fourth-order valence-corrected chi connectivity index (χ4v) is 3.51. The minimum Gasteiger partial charge on any atom is -0.333 e. The van der Waals surface area contributed by atoms with Crippen LogP contribution in [0.3, 0.4) is 0 Å². The Bertz CT molecular complexity index is 814. The Labute approximate surface area is 136 Å². The van der Waals surface area contributed by atoms with Crippen molar-refractivity contribution in [1.29, 1.82) is 0 Å². The van der Waals surface area contributed by atoms with Gasteiger partial charge in [0.15, 0.2) is 0 Å². The number of rotatable bonds is 3. The smallest absolute Gasteiger partial charge is 0.129 e. The first kappa shape index (κ1) is 13.8. The van der Waals surface area contributed by atoms with Crippen LogP contribution in [0, 0.1) is 0 Å². The van der Waals surface area contributed by atoms with Crippen LogP contribution in [0.25, 0.3) is 0 Å². The Balaban J connectivity index is 1.93. The first-order valence-corrected chi connectivity index (χ1v) is 7.83. The molecule has 0 amide bonds. The molecule has 0 spiro atoms. The van der Waals surface area contributed by atoms with Gasteiger partial charge in [-0.05, 0) is 29.3 Å². The number of nitrogens with zero attached hydrogens (tertiary/aromatic N) is 1. The third kappa shape index (κ3) is 2.23. The maximum Gasteiger partial charge on any atom is 0.129 e. The maximum absolute atomic E-state index is 11.9. The molecule has 1 aliphatic rings. The number of carbonyl (C=O) groups is 1. The summed E-state index contributed by atoms with van der Waals surface area (Å²) in [5, 5.41) is 0. The summed E-state index contributed by atoms with van der Waals surface area (Å²) in [6, 6.07) is 28.7. The molecular formula is C21H17NO. The average Bonchev–Trinajstić information content (AvgIpc) is 2.97. The van der Waals surface area contributed by atoms with E-state index in [-0.39, 0.29) is 12.0 Å². The molecule has 2 atom stereocenters. The van der Waals surface area contributed by atoms with E-state index < -0.39 is 0 Å². The van der Waals surface area contributed by atoms with Crippen molar-refractivity contribution in [2.24, 2.45) is 0 Å². The van der Waals surface area contributed by atoms with E-state index in [1.54, 1.807) is 0 Å². The topological polar surface area (TPSA) is 20.3 Å². The highest BCUT2D eigenvalue weighted by atomic mass is 16.1. The zero-order valence-corrected chi connectivity index (χ0v) is 12.7. The normalized spacial score (nSPS) is 19.4. The van der Waals surface area contributed by atoms with Gasteiger partial charge >= 0.3 is 0 Å². The summed E-state index contributed by atoms with van der Waals surface area (Å²) in [6.07, 6.45) is 1.08. The van der Waals surface area contributed by atoms with Crippen LogP contribution in [0.5, 0.6) is 0 Å². The summed E-state index contributed by atoms with van der Waals surface area (Å²) in [5.74, 6) is -0.159. The molecule has 0 aliphatic carbocycles. The van der Waals surface area contributed by atoms with Gasteiger partial charge in [0.2, 0.25) is 0 Å².